The lowest BCUT2D eigenvalue weighted by Crippen LogP contribution is -2.47. The molecule has 0 aromatic heterocycles. The Morgan fingerprint density at radius 3 is 2.68 bits per heavy atom. The first-order chi connectivity index (χ1) is 10.2. The Hall–Kier alpha value is -1.22. The number of piperidine rings is 1. The van der Waals surface area contributed by atoms with Crippen LogP contribution in [0.15, 0.2) is 48.5 Å². The SMILES string of the molecule is CN1CC[C@@]2(c3ccccc3Cl)Oc3ccccc3[C@H]2C1.Cl. The second-order valence-corrected chi connectivity index (χ2v) is 6.48. The molecule has 0 radical (unpaired) electrons. The largest absolute Gasteiger partial charge is 0.481 e. The van der Waals surface area contributed by atoms with Gasteiger partial charge in [0.1, 0.15) is 11.4 Å². The van der Waals surface area contributed by atoms with Crippen LogP contribution in [0.1, 0.15) is 23.5 Å². The van der Waals surface area contributed by atoms with Crippen molar-refractivity contribution in [2.24, 2.45) is 0 Å². The zero-order chi connectivity index (χ0) is 14.4. The number of rotatable bonds is 1. The molecule has 0 unspecified atom stereocenters. The predicted octanol–water partition coefficient (Wildman–Crippen LogP) is 4.47. The fourth-order valence-electron chi connectivity index (χ4n) is 3.79. The highest BCUT2D eigenvalue weighted by atomic mass is 35.5. The van der Waals surface area contributed by atoms with E-state index in [1.54, 1.807) is 0 Å². The van der Waals surface area contributed by atoms with E-state index in [0.29, 0.717) is 5.92 Å². The van der Waals surface area contributed by atoms with E-state index >= 15 is 0 Å². The molecule has 0 spiro atoms. The van der Waals surface area contributed by atoms with Crippen LogP contribution in [-0.4, -0.2) is 25.0 Å². The standard InChI is InChI=1S/C18H18ClNO.ClH/c1-20-11-10-18(14-7-3-4-8-16(14)19)15(12-20)13-6-2-5-9-17(13)21-18;/h2-9,15H,10-12H2,1H3;1H/t15-,18+;/m1./s1. The fraction of sp³-hybridized carbons (Fsp3) is 0.333. The summed E-state index contributed by atoms with van der Waals surface area (Å²) in [5.41, 5.74) is 2.12. The molecule has 2 aliphatic rings. The normalized spacial score (nSPS) is 26.5. The Morgan fingerprint density at radius 2 is 1.86 bits per heavy atom. The number of ether oxygens (including phenoxy) is 1. The highest BCUT2D eigenvalue weighted by Gasteiger charge is 2.52. The van der Waals surface area contributed by atoms with Gasteiger partial charge >= 0.3 is 0 Å². The van der Waals surface area contributed by atoms with Crippen LogP contribution < -0.4 is 4.74 Å². The van der Waals surface area contributed by atoms with E-state index in [2.05, 4.69) is 42.3 Å². The number of likely N-dealkylation sites (tertiary alicyclic amines) is 1. The molecule has 2 aromatic carbocycles. The molecule has 1 saturated heterocycles. The summed E-state index contributed by atoms with van der Waals surface area (Å²) in [6.07, 6.45) is 0.965. The third kappa shape index (κ3) is 2.21. The average Bonchev–Trinajstić information content (AvgIpc) is 2.83. The Morgan fingerprint density at radius 1 is 1.14 bits per heavy atom. The molecule has 1 fully saturated rings. The van der Waals surface area contributed by atoms with Crippen molar-refractivity contribution in [1.82, 2.24) is 4.90 Å². The molecule has 22 heavy (non-hydrogen) atoms. The Labute approximate surface area is 142 Å². The lowest BCUT2D eigenvalue weighted by Gasteiger charge is -2.42. The quantitative estimate of drug-likeness (QED) is 0.762. The zero-order valence-electron chi connectivity index (χ0n) is 12.5. The lowest BCUT2D eigenvalue weighted by molar-refractivity contribution is 0.00711. The molecular formula is C18H19Cl2NO. The van der Waals surface area contributed by atoms with Crippen molar-refractivity contribution in [2.75, 3.05) is 20.1 Å². The first-order valence-corrected chi connectivity index (χ1v) is 7.80. The zero-order valence-corrected chi connectivity index (χ0v) is 14.0. The molecule has 2 atom stereocenters. The Bertz CT molecular complexity index is 690. The van der Waals surface area contributed by atoms with Crippen molar-refractivity contribution in [3.05, 3.63) is 64.7 Å². The van der Waals surface area contributed by atoms with E-state index in [-0.39, 0.29) is 18.0 Å². The third-order valence-electron chi connectivity index (χ3n) is 4.84. The molecule has 0 saturated carbocycles. The summed E-state index contributed by atoms with van der Waals surface area (Å²) in [5.74, 6) is 1.35. The molecule has 0 N–H and O–H groups in total. The van der Waals surface area contributed by atoms with Crippen LogP contribution in [0.2, 0.25) is 5.02 Å². The summed E-state index contributed by atoms with van der Waals surface area (Å²) < 4.78 is 6.50. The molecule has 2 aliphatic heterocycles. The average molecular weight is 336 g/mol. The van der Waals surface area contributed by atoms with Gasteiger partial charge in [0.25, 0.3) is 0 Å². The van der Waals surface area contributed by atoms with E-state index in [4.69, 9.17) is 16.3 Å². The van der Waals surface area contributed by atoms with Gasteiger partial charge in [0.2, 0.25) is 0 Å². The molecule has 4 rings (SSSR count). The van der Waals surface area contributed by atoms with Crippen LogP contribution in [0.5, 0.6) is 5.75 Å². The van der Waals surface area contributed by atoms with Gasteiger partial charge in [0.15, 0.2) is 0 Å². The summed E-state index contributed by atoms with van der Waals surface area (Å²) in [6.45, 7) is 2.03. The van der Waals surface area contributed by atoms with Crippen molar-refractivity contribution in [3.8, 4) is 5.75 Å². The third-order valence-corrected chi connectivity index (χ3v) is 5.17. The van der Waals surface area contributed by atoms with Gasteiger partial charge in [0, 0.05) is 41.6 Å². The van der Waals surface area contributed by atoms with Crippen LogP contribution in [0.25, 0.3) is 0 Å². The second-order valence-electron chi connectivity index (χ2n) is 6.07. The van der Waals surface area contributed by atoms with Gasteiger partial charge in [-0.2, -0.15) is 0 Å². The molecule has 0 bridgehead atoms. The van der Waals surface area contributed by atoms with Crippen LogP contribution in [0, 0.1) is 0 Å². The van der Waals surface area contributed by atoms with Gasteiger partial charge in [0.05, 0.1) is 0 Å². The number of hydrogen-bond acceptors (Lipinski definition) is 2. The minimum absolute atomic E-state index is 0. The Balaban J connectivity index is 0.00000144. The van der Waals surface area contributed by atoms with Gasteiger partial charge in [-0.05, 0) is 19.2 Å². The number of hydrogen-bond donors (Lipinski definition) is 0. The van der Waals surface area contributed by atoms with Gasteiger partial charge in [-0.3, -0.25) is 0 Å². The number of para-hydroxylation sites is 1. The second kappa shape index (κ2) is 5.77. The van der Waals surface area contributed by atoms with E-state index in [9.17, 15) is 0 Å². The highest BCUT2D eigenvalue weighted by Crippen LogP contribution is 2.55. The lowest BCUT2D eigenvalue weighted by atomic mass is 9.74. The van der Waals surface area contributed by atoms with Crippen molar-refractivity contribution >= 4 is 24.0 Å². The number of likely N-dealkylation sites (N-methyl/N-ethyl adjacent to an activating group) is 1. The molecule has 116 valence electrons. The van der Waals surface area contributed by atoms with Gasteiger partial charge in [-0.15, -0.1) is 12.4 Å². The van der Waals surface area contributed by atoms with Crippen LogP contribution in [-0.2, 0) is 5.60 Å². The Kier molecular flexibility index (Phi) is 4.11. The van der Waals surface area contributed by atoms with Gasteiger partial charge in [-0.1, -0.05) is 48.0 Å². The summed E-state index contributed by atoms with van der Waals surface area (Å²) in [7, 11) is 2.18. The molecule has 2 aromatic rings. The molecular weight excluding hydrogens is 317 g/mol. The summed E-state index contributed by atoms with van der Waals surface area (Å²) in [4.78, 5) is 2.38. The van der Waals surface area contributed by atoms with E-state index in [0.717, 1.165) is 35.8 Å². The molecule has 2 nitrogen and oxygen atoms in total. The number of fused-ring (bicyclic) bond motifs is 3. The summed E-state index contributed by atoms with van der Waals surface area (Å²) in [5, 5.41) is 0.805. The van der Waals surface area contributed by atoms with Crippen molar-refractivity contribution in [2.45, 2.75) is 17.9 Å². The number of nitrogens with zero attached hydrogens (tertiary/aromatic N) is 1. The monoisotopic (exact) mass is 335 g/mol. The highest BCUT2D eigenvalue weighted by molar-refractivity contribution is 6.31. The van der Waals surface area contributed by atoms with Crippen molar-refractivity contribution in [3.63, 3.8) is 0 Å². The summed E-state index contributed by atoms with van der Waals surface area (Å²) in [6, 6.07) is 16.5. The topological polar surface area (TPSA) is 12.5 Å². The van der Waals surface area contributed by atoms with Crippen molar-refractivity contribution in [1.29, 1.82) is 0 Å². The van der Waals surface area contributed by atoms with Gasteiger partial charge < -0.3 is 9.64 Å². The van der Waals surface area contributed by atoms with Gasteiger partial charge in [-0.25, -0.2) is 0 Å². The first kappa shape index (κ1) is 15.7. The molecule has 0 amide bonds. The minimum Gasteiger partial charge on any atom is -0.481 e. The van der Waals surface area contributed by atoms with Crippen molar-refractivity contribution < 1.29 is 4.74 Å². The van der Waals surface area contributed by atoms with Crippen LogP contribution in [0.3, 0.4) is 0 Å². The maximum absolute atomic E-state index is 6.50. The molecule has 2 heterocycles. The molecule has 4 heteroatoms. The van der Waals surface area contributed by atoms with Crippen LogP contribution in [0.4, 0.5) is 0 Å². The van der Waals surface area contributed by atoms with E-state index in [1.807, 2.05) is 18.2 Å². The van der Waals surface area contributed by atoms with Crippen LogP contribution >= 0.6 is 24.0 Å². The smallest absolute Gasteiger partial charge is 0.145 e. The maximum atomic E-state index is 6.50. The first-order valence-electron chi connectivity index (χ1n) is 7.42. The predicted molar refractivity (Wildman–Crippen MR) is 92.3 cm³/mol. The van der Waals surface area contributed by atoms with E-state index < -0.39 is 0 Å². The maximum Gasteiger partial charge on any atom is 0.145 e. The molecule has 0 aliphatic carbocycles. The fourth-order valence-corrected chi connectivity index (χ4v) is 4.09. The number of benzene rings is 2. The number of halogens is 2. The minimum atomic E-state index is -0.311. The summed E-state index contributed by atoms with van der Waals surface area (Å²) >= 11 is 6.50. The van der Waals surface area contributed by atoms with E-state index in [1.165, 1.54) is 5.56 Å².